The van der Waals surface area contributed by atoms with E-state index in [4.69, 9.17) is 4.74 Å². The summed E-state index contributed by atoms with van der Waals surface area (Å²) in [5, 5.41) is 10.2. The van der Waals surface area contributed by atoms with E-state index in [2.05, 4.69) is 9.80 Å². The zero-order chi connectivity index (χ0) is 18.0. The maximum absolute atomic E-state index is 13.8. The molecule has 0 aromatic rings. The molecule has 2 saturated heterocycles. The predicted molar refractivity (Wildman–Crippen MR) is 101 cm³/mol. The molecule has 5 nitrogen and oxygen atoms in total. The highest BCUT2D eigenvalue weighted by atomic mass is 16.5. The molecule has 2 aliphatic heterocycles. The second-order valence-electron chi connectivity index (χ2n) is 9.33. The summed E-state index contributed by atoms with van der Waals surface area (Å²) in [5.41, 5.74) is -0.351. The summed E-state index contributed by atoms with van der Waals surface area (Å²) in [7, 11) is 0. The quantitative estimate of drug-likeness (QED) is 0.814. The lowest BCUT2D eigenvalue weighted by molar-refractivity contribution is -0.155. The van der Waals surface area contributed by atoms with Gasteiger partial charge >= 0.3 is 0 Å². The summed E-state index contributed by atoms with van der Waals surface area (Å²) in [4.78, 5) is 18.4. The number of ether oxygens (including phenoxy) is 1. The molecular formula is C21H36N2O3. The smallest absolute Gasteiger partial charge is 0.243 e. The van der Waals surface area contributed by atoms with Crippen LogP contribution in [-0.2, 0) is 9.53 Å². The second-order valence-corrected chi connectivity index (χ2v) is 9.33. The standard InChI is InChI=1S/C21H36N2O3/c24-17-20(15-18-5-6-18)7-4-10-22(16-20)19(25)21(8-2-1-3-9-21)23-11-13-26-14-12-23/h18,24H,1-17H2/t20-/m0/s1. The zero-order valence-electron chi connectivity index (χ0n) is 16.3. The van der Waals surface area contributed by atoms with Gasteiger partial charge in [-0.1, -0.05) is 32.1 Å². The van der Waals surface area contributed by atoms with Crippen molar-refractivity contribution in [1.29, 1.82) is 0 Å². The number of aliphatic hydroxyl groups excluding tert-OH is 1. The van der Waals surface area contributed by atoms with E-state index >= 15 is 0 Å². The molecule has 2 saturated carbocycles. The van der Waals surface area contributed by atoms with Crippen LogP contribution in [0.15, 0.2) is 0 Å². The minimum atomic E-state index is -0.305. The number of morpholine rings is 1. The number of aliphatic hydroxyl groups is 1. The van der Waals surface area contributed by atoms with E-state index in [1.165, 1.54) is 19.3 Å². The van der Waals surface area contributed by atoms with Crippen molar-refractivity contribution in [3.05, 3.63) is 0 Å². The lowest BCUT2D eigenvalue weighted by Crippen LogP contribution is -2.64. The van der Waals surface area contributed by atoms with Gasteiger partial charge in [-0.05, 0) is 38.0 Å². The molecule has 0 spiro atoms. The third-order valence-electron chi connectivity index (χ3n) is 7.40. The maximum atomic E-state index is 13.8. The number of likely N-dealkylation sites (tertiary alicyclic amines) is 1. The number of amides is 1. The molecule has 26 heavy (non-hydrogen) atoms. The molecule has 2 heterocycles. The van der Waals surface area contributed by atoms with Gasteiger partial charge in [-0.3, -0.25) is 9.69 Å². The van der Waals surface area contributed by atoms with Gasteiger partial charge < -0.3 is 14.7 Å². The fourth-order valence-corrected chi connectivity index (χ4v) is 5.76. The number of carbonyl (C=O) groups is 1. The van der Waals surface area contributed by atoms with Crippen molar-refractivity contribution in [3.63, 3.8) is 0 Å². The van der Waals surface area contributed by atoms with Crippen molar-refractivity contribution in [1.82, 2.24) is 9.80 Å². The molecule has 0 aromatic carbocycles. The van der Waals surface area contributed by atoms with Crippen LogP contribution < -0.4 is 0 Å². The highest BCUT2D eigenvalue weighted by Gasteiger charge is 2.49. The fraction of sp³-hybridized carbons (Fsp3) is 0.952. The van der Waals surface area contributed by atoms with Crippen molar-refractivity contribution < 1.29 is 14.6 Å². The number of piperidine rings is 1. The second kappa shape index (κ2) is 7.76. The maximum Gasteiger partial charge on any atom is 0.243 e. The third kappa shape index (κ3) is 3.67. The molecule has 148 valence electrons. The number of hydrogen-bond acceptors (Lipinski definition) is 4. The normalized spacial score (nSPS) is 33.2. The zero-order valence-corrected chi connectivity index (χ0v) is 16.3. The van der Waals surface area contributed by atoms with Gasteiger partial charge in [-0.15, -0.1) is 0 Å². The van der Waals surface area contributed by atoms with Crippen LogP contribution in [0.1, 0.15) is 64.2 Å². The summed E-state index contributed by atoms with van der Waals surface area (Å²) in [6.45, 7) is 5.13. The minimum absolute atomic E-state index is 0.0457. The molecule has 0 unspecified atom stereocenters. The van der Waals surface area contributed by atoms with E-state index in [1.54, 1.807) is 0 Å². The van der Waals surface area contributed by atoms with Crippen molar-refractivity contribution in [2.24, 2.45) is 11.3 Å². The average molecular weight is 365 g/mol. The average Bonchev–Trinajstić information content (AvgIpc) is 3.52. The van der Waals surface area contributed by atoms with Gasteiger partial charge in [0, 0.05) is 31.6 Å². The van der Waals surface area contributed by atoms with Crippen molar-refractivity contribution in [2.45, 2.75) is 69.7 Å². The van der Waals surface area contributed by atoms with Gasteiger partial charge in [0.05, 0.1) is 19.8 Å². The first kappa shape index (κ1) is 18.7. The summed E-state index contributed by atoms with van der Waals surface area (Å²) < 4.78 is 5.56. The molecular weight excluding hydrogens is 328 g/mol. The number of carbonyl (C=O) groups excluding carboxylic acids is 1. The Balaban J connectivity index is 1.52. The number of hydrogen-bond donors (Lipinski definition) is 1. The van der Waals surface area contributed by atoms with Crippen LogP contribution in [0.2, 0.25) is 0 Å². The lowest BCUT2D eigenvalue weighted by Gasteiger charge is -2.51. The Morgan fingerprint density at radius 3 is 2.38 bits per heavy atom. The largest absolute Gasteiger partial charge is 0.396 e. The van der Waals surface area contributed by atoms with Crippen LogP contribution in [0.25, 0.3) is 0 Å². The highest BCUT2D eigenvalue weighted by Crippen LogP contribution is 2.45. The molecule has 4 rings (SSSR count). The Kier molecular flexibility index (Phi) is 5.58. The molecule has 2 aliphatic carbocycles. The molecule has 4 aliphatic rings. The van der Waals surface area contributed by atoms with E-state index in [-0.39, 0.29) is 17.6 Å². The van der Waals surface area contributed by atoms with Crippen molar-refractivity contribution in [2.75, 3.05) is 46.0 Å². The first-order valence-electron chi connectivity index (χ1n) is 10.9. The van der Waals surface area contributed by atoms with Crippen LogP contribution in [0.3, 0.4) is 0 Å². The Hall–Kier alpha value is -0.650. The molecule has 4 fully saturated rings. The van der Waals surface area contributed by atoms with E-state index in [0.29, 0.717) is 5.91 Å². The van der Waals surface area contributed by atoms with Gasteiger partial charge in [-0.2, -0.15) is 0 Å². The Morgan fingerprint density at radius 2 is 1.73 bits per heavy atom. The van der Waals surface area contributed by atoms with Gasteiger partial charge in [0.15, 0.2) is 0 Å². The Morgan fingerprint density at radius 1 is 1.00 bits per heavy atom. The van der Waals surface area contributed by atoms with Crippen LogP contribution >= 0.6 is 0 Å². The summed E-state index contributed by atoms with van der Waals surface area (Å²) >= 11 is 0. The van der Waals surface area contributed by atoms with Gasteiger partial charge in [0.2, 0.25) is 5.91 Å². The predicted octanol–water partition coefficient (Wildman–Crippen LogP) is 2.42. The third-order valence-corrected chi connectivity index (χ3v) is 7.40. The summed E-state index contributed by atoms with van der Waals surface area (Å²) in [5.74, 6) is 1.15. The highest BCUT2D eigenvalue weighted by molar-refractivity contribution is 5.86. The summed E-state index contributed by atoms with van der Waals surface area (Å²) in [6, 6.07) is 0. The molecule has 0 radical (unpaired) electrons. The molecule has 0 aromatic heterocycles. The number of nitrogens with zero attached hydrogens (tertiary/aromatic N) is 2. The van der Waals surface area contributed by atoms with Gasteiger partial charge in [-0.25, -0.2) is 0 Å². The van der Waals surface area contributed by atoms with Crippen molar-refractivity contribution >= 4 is 5.91 Å². The fourth-order valence-electron chi connectivity index (χ4n) is 5.76. The van der Waals surface area contributed by atoms with Gasteiger partial charge in [0.25, 0.3) is 0 Å². The monoisotopic (exact) mass is 364 g/mol. The van der Waals surface area contributed by atoms with E-state index in [1.807, 2.05) is 0 Å². The van der Waals surface area contributed by atoms with Crippen LogP contribution in [-0.4, -0.2) is 72.4 Å². The lowest BCUT2D eigenvalue weighted by atomic mass is 9.74. The minimum Gasteiger partial charge on any atom is -0.396 e. The molecule has 0 bridgehead atoms. The first-order valence-corrected chi connectivity index (χ1v) is 10.9. The molecule has 1 amide bonds. The van der Waals surface area contributed by atoms with E-state index < -0.39 is 0 Å². The number of rotatable bonds is 5. The van der Waals surface area contributed by atoms with Crippen LogP contribution in [0, 0.1) is 11.3 Å². The van der Waals surface area contributed by atoms with Crippen molar-refractivity contribution in [3.8, 4) is 0 Å². The van der Waals surface area contributed by atoms with E-state index in [9.17, 15) is 9.90 Å². The first-order chi connectivity index (χ1) is 12.7. The Bertz CT molecular complexity index is 495. The molecule has 1 N–H and O–H groups in total. The molecule has 5 heteroatoms. The van der Waals surface area contributed by atoms with Crippen LogP contribution in [0.5, 0.6) is 0 Å². The molecule has 1 atom stereocenters. The SMILES string of the molecule is O=C(N1CCC[C@](CO)(CC2CC2)C1)C1(N2CCOCC2)CCCCC1. The topological polar surface area (TPSA) is 53.0 Å². The Labute approximate surface area is 158 Å². The van der Waals surface area contributed by atoms with E-state index in [0.717, 1.165) is 90.3 Å². The van der Waals surface area contributed by atoms with Gasteiger partial charge in [0.1, 0.15) is 5.54 Å². The van der Waals surface area contributed by atoms with Crippen LogP contribution in [0.4, 0.5) is 0 Å². The summed E-state index contributed by atoms with van der Waals surface area (Å²) in [6.07, 6.45) is 11.4.